The third-order valence-electron chi connectivity index (χ3n) is 2.46. The highest BCUT2D eigenvalue weighted by Gasteiger charge is 2.03. The fourth-order valence-electron chi connectivity index (χ4n) is 1.60. The topological polar surface area (TPSA) is 48.4 Å². The van der Waals surface area contributed by atoms with Crippen LogP contribution in [0, 0.1) is 0 Å². The number of thiazole rings is 1. The Morgan fingerprint density at radius 1 is 1.47 bits per heavy atom. The lowest BCUT2D eigenvalue weighted by atomic mass is 10.3. The van der Waals surface area contributed by atoms with E-state index in [9.17, 15) is 4.79 Å². The van der Waals surface area contributed by atoms with Crippen molar-refractivity contribution in [3.63, 3.8) is 0 Å². The predicted octanol–water partition coefficient (Wildman–Crippen LogP) is 3.27. The number of aromatic nitrogens is 1. The van der Waals surface area contributed by atoms with Crippen LogP contribution in [0.15, 0.2) is 24.3 Å². The van der Waals surface area contributed by atoms with Crippen molar-refractivity contribution in [2.24, 2.45) is 0 Å². The molecule has 0 fully saturated rings. The van der Waals surface area contributed by atoms with E-state index in [2.05, 4.69) is 4.98 Å². The van der Waals surface area contributed by atoms with Gasteiger partial charge in [-0.15, -0.1) is 11.3 Å². The summed E-state index contributed by atoms with van der Waals surface area (Å²) in [4.78, 5) is 15.6. The van der Waals surface area contributed by atoms with E-state index in [1.54, 1.807) is 31.4 Å². The van der Waals surface area contributed by atoms with Gasteiger partial charge in [-0.3, -0.25) is 4.79 Å². The van der Waals surface area contributed by atoms with Gasteiger partial charge < -0.3 is 9.47 Å². The van der Waals surface area contributed by atoms with Crippen LogP contribution in [0.5, 0.6) is 5.75 Å². The van der Waals surface area contributed by atoms with Crippen LogP contribution >= 0.6 is 11.3 Å². The lowest BCUT2D eigenvalue weighted by Gasteiger charge is -1.96. The molecule has 1 heterocycles. The molecule has 4 nitrogen and oxygen atoms in total. The first-order valence-corrected chi connectivity index (χ1v) is 6.81. The number of nitrogens with zero attached hydrogens (tertiary/aromatic N) is 1. The molecule has 0 aliphatic heterocycles. The van der Waals surface area contributed by atoms with Crippen molar-refractivity contribution in [3.8, 4) is 5.75 Å². The highest BCUT2D eigenvalue weighted by molar-refractivity contribution is 7.19. The molecule has 0 aliphatic rings. The van der Waals surface area contributed by atoms with Gasteiger partial charge in [-0.25, -0.2) is 4.98 Å². The Kier molecular flexibility index (Phi) is 4.52. The van der Waals surface area contributed by atoms with Gasteiger partial charge in [0, 0.05) is 0 Å². The van der Waals surface area contributed by atoms with Crippen LogP contribution in [-0.2, 0) is 9.53 Å². The number of rotatable bonds is 5. The van der Waals surface area contributed by atoms with Crippen LogP contribution < -0.4 is 4.74 Å². The van der Waals surface area contributed by atoms with Gasteiger partial charge in [0.05, 0.1) is 30.4 Å². The first-order valence-electron chi connectivity index (χ1n) is 5.99. The van der Waals surface area contributed by atoms with Gasteiger partial charge in [0.25, 0.3) is 0 Å². The monoisotopic (exact) mass is 277 g/mol. The molecule has 0 N–H and O–H groups in total. The van der Waals surface area contributed by atoms with Gasteiger partial charge in [-0.2, -0.15) is 0 Å². The normalized spacial score (nSPS) is 11.1. The van der Waals surface area contributed by atoms with Crippen molar-refractivity contribution in [2.45, 2.75) is 13.3 Å². The number of fused-ring (bicyclic) bond motifs is 1. The van der Waals surface area contributed by atoms with Crippen LogP contribution in [0.2, 0.25) is 0 Å². The van der Waals surface area contributed by atoms with Gasteiger partial charge in [-0.1, -0.05) is 6.08 Å². The molecule has 2 aromatic rings. The maximum absolute atomic E-state index is 11.2. The highest BCUT2D eigenvalue weighted by Crippen LogP contribution is 2.26. The third-order valence-corrected chi connectivity index (χ3v) is 3.45. The number of benzene rings is 1. The SMILES string of the molecule is CCOC(=O)CC=Cc1nc2ccc(OC)cc2s1. The minimum absolute atomic E-state index is 0.221. The average molecular weight is 277 g/mol. The lowest BCUT2D eigenvalue weighted by molar-refractivity contribution is -0.142. The molecular weight excluding hydrogens is 262 g/mol. The Morgan fingerprint density at radius 2 is 2.32 bits per heavy atom. The van der Waals surface area contributed by atoms with Gasteiger partial charge in [-0.05, 0) is 31.2 Å². The zero-order chi connectivity index (χ0) is 13.7. The van der Waals surface area contributed by atoms with E-state index in [0.717, 1.165) is 21.0 Å². The molecule has 0 atom stereocenters. The summed E-state index contributed by atoms with van der Waals surface area (Å²) < 4.78 is 11.1. The average Bonchev–Trinajstić information content (AvgIpc) is 2.80. The van der Waals surface area contributed by atoms with Crippen molar-refractivity contribution in [3.05, 3.63) is 29.3 Å². The maximum Gasteiger partial charge on any atom is 0.309 e. The molecular formula is C14H15NO3S. The van der Waals surface area contributed by atoms with Crippen molar-refractivity contribution in [1.29, 1.82) is 0 Å². The lowest BCUT2D eigenvalue weighted by Crippen LogP contribution is -2.01. The zero-order valence-electron chi connectivity index (χ0n) is 10.9. The fourth-order valence-corrected chi connectivity index (χ4v) is 2.52. The molecule has 0 saturated heterocycles. The second-order valence-electron chi connectivity index (χ2n) is 3.80. The van der Waals surface area contributed by atoms with Crippen molar-refractivity contribution >= 4 is 33.6 Å². The molecule has 1 aromatic carbocycles. The van der Waals surface area contributed by atoms with Gasteiger partial charge in [0.1, 0.15) is 10.8 Å². The van der Waals surface area contributed by atoms with E-state index in [0.29, 0.717) is 6.61 Å². The standard InChI is InChI=1S/C14H15NO3S/c1-3-18-14(16)6-4-5-13-15-11-8-7-10(17-2)9-12(11)19-13/h4-5,7-9H,3,6H2,1-2H3. The summed E-state index contributed by atoms with van der Waals surface area (Å²) in [6.45, 7) is 2.20. The van der Waals surface area contributed by atoms with Crippen molar-refractivity contribution < 1.29 is 14.3 Å². The molecule has 2 rings (SSSR count). The Balaban J connectivity index is 2.09. The van der Waals surface area contributed by atoms with E-state index in [4.69, 9.17) is 9.47 Å². The number of hydrogen-bond acceptors (Lipinski definition) is 5. The quantitative estimate of drug-likeness (QED) is 0.787. The maximum atomic E-state index is 11.2. The molecule has 1 aromatic heterocycles. The van der Waals surface area contributed by atoms with Gasteiger partial charge >= 0.3 is 5.97 Å². The largest absolute Gasteiger partial charge is 0.497 e. The molecule has 0 radical (unpaired) electrons. The Labute approximate surface area is 115 Å². The Morgan fingerprint density at radius 3 is 3.05 bits per heavy atom. The van der Waals surface area contributed by atoms with E-state index < -0.39 is 0 Å². The van der Waals surface area contributed by atoms with Crippen LogP contribution in [0.1, 0.15) is 18.4 Å². The predicted molar refractivity (Wildman–Crippen MR) is 76.5 cm³/mol. The fraction of sp³-hybridized carbons (Fsp3) is 0.286. The summed E-state index contributed by atoms with van der Waals surface area (Å²) in [5, 5.41) is 0.868. The Hall–Kier alpha value is -1.88. The molecule has 0 bridgehead atoms. The Bertz CT molecular complexity index is 604. The molecule has 0 amide bonds. The molecule has 5 heteroatoms. The van der Waals surface area contributed by atoms with Crippen LogP contribution in [0.4, 0.5) is 0 Å². The second-order valence-corrected chi connectivity index (χ2v) is 4.86. The number of carbonyl (C=O) groups excluding carboxylic acids is 1. The minimum Gasteiger partial charge on any atom is -0.497 e. The summed E-state index contributed by atoms with van der Waals surface area (Å²) in [7, 11) is 1.64. The first kappa shape index (κ1) is 13.5. The van der Waals surface area contributed by atoms with Crippen LogP contribution in [0.3, 0.4) is 0 Å². The summed E-state index contributed by atoms with van der Waals surface area (Å²) in [5.41, 5.74) is 0.932. The number of hydrogen-bond donors (Lipinski definition) is 0. The smallest absolute Gasteiger partial charge is 0.309 e. The summed E-state index contributed by atoms with van der Waals surface area (Å²) >= 11 is 1.56. The third kappa shape index (κ3) is 3.54. The van der Waals surface area contributed by atoms with E-state index in [-0.39, 0.29) is 12.4 Å². The van der Waals surface area contributed by atoms with Crippen LogP contribution in [0.25, 0.3) is 16.3 Å². The van der Waals surface area contributed by atoms with Crippen LogP contribution in [-0.4, -0.2) is 24.7 Å². The molecule has 0 spiro atoms. The van der Waals surface area contributed by atoms with Gasteiger partial charge in [0.15, 0.2) is 0 Å². The minimum atomic E-state index is -0.221. The first-order chi connectivity index (χ1) is 9.22. The molecule has 0 aliphatic carbocycles. The number of ether oxygens (including phenoxy) is 2. The molecule has 0 saturated carbocycles. The molecule has 19 heavy (non-hydrogen) atoms. The van der Waals surface area contributed by atoms with E-state index in [1.165, 1.54) is 0 Å². The number of esters is 1. The van der Waals surface area contributed by atoms with Crippen molar-refractivity contribution in [2.75, 3.05) is 13.7 Å². The zero-order valence-corrected chi connectivity index (χ0v) is 11.7. The van der Waals surface area contributed by atoms with Crippen molar-refractivity contribution in [1.82, 2.24) is 4.98 Å². The molecule has 0 unspecified atom stereocenters. The molecule has 100 valence electrons. The summed E-state index contributed by atoms with van der Waals surface area (Å²) in [5.74, 6) is 0.597. The number of carbonyl (C=O) groups is 1. The van der Waals surface area contributed by atoms with E-state index >= 15 is 0 Å². The summed E-state index contributed by atoms with van der Waals surface area (Å²) in [6.07, 6.45) is 3.88. The highest BCUT2D eigenvalue weighted by atomic mass is 32.1. The summed E-state index contributed by atoms with van der Waals surface area (Å²) in [6, 6.07) is 5.76. The van der Waals surface area contributed by atoms with Gasteiger partial charge in [0.2, 0.25) is 0 Å². The number of methoxy groups -OCH3 is 1. The second kappa shape index (κ2) is 6.33. The van der Waals surface area contributed by atoms with E-state index in [1.807, 2.05) is 24.3 Å².